The SMILES string of the molecule is CNCc1cc(S(=O)(=O)NCCC2CC2)c(Br)s1. The molecule has 0 aromatic carbocycles. The molecule has 1 aliphatic carbocycles. The maximum Gasteiger partial charge on any atom is 0.242 e. The number of sulfonamides is 1. The van der Waals surface area contributed by atoms with Gasteiger partial charge in [0.25, 0.3) is 0 Å². The minimum absolute atomic E-state index is 0.355. The highest BCUT2D eigenvalue weighted by atomic mass is 79.9. The molecule has 0 aliphatic heterocycles. The van der Waals surface area contributed by atoms with Crippen LogP contribution in [0.25, 0.3) is 0 Å². The minimum atomic E-state index is -3.37. The molecule has 0 saturated heterocycles. The highest BCUT2D eigenvalue weighted by Gasteiger charge is 2.24. The largest absolute Gasteiger partial charge is 0.315 e. The normalized spacial score (nSPS) is 16.1. The molecule has 0 spiro atoms. The molecule has 2 rings (SSSR count). The van der Waals surface area contributed by atoms with E-state index in [1.54, 1.807) is 6.07 Å². The molecule has 102 valence electrons. The molecule has 1 heterocycles. The van der Waals surface area contributed by atoms with Gasteiger partial charge in [-0.25, -0.2) is 13.1 Å². The van der Waals surface area contributed by atoms with Gasteiger partial charge in [0.05, 0.1) is 3.79 Å². The van der Waals surface area contributed by atoms with Crippen LogP contribution in [0.1, 0.15) is 24.1 Å². The number of hydrogen-bond donors (Lipinski definition) is 2. The van der Waals surface area contributed by atoms with Crippen molar-refractivity contribution < 1.29 is 8.42 Å². The average molecular weight is 353 g/mol. The van der Waals surface area contributed by atoms with Gasteiger partial charge >= 0.3 is 0 Å². The molecule has 4 nitrogen and oxygen atoms in total. The van der Waals surface area contributed by atoms with E-state index in [9.17, 15) is 8.42 Å². The van der Waals surface area contributed by atoms with E-state index in [2.05, 4.69) is 26.0 Å². The Bertz CT molecular complexity index is 509. The van der Waals surface area contributed by atoms with E-state index in [0.717, 1.165) is 17.2 Å². The molecule has 1 saturated carbocycles. The molecule has 0 bridgehead atoms. The number of thiophene rings is 1. The van der Waals surface area contributed by atoms with Crippen molar-refractivity contribution in [3.8, 4) is 0 Å². The van der Waals surface area contributed by atoms with E-state index in [1.807, 2.05) is 7.05 Å². The van der Waals surface area contributed by atoms with Gasteiger partial charge in [0.15, 0.2) is 0 Å². The van der Waals surface area contributed by atoms with Crippen molar-refractivity contribution in [2.45, 2.75) is 30.7 Å². The van der Waals surface area contributed by atoms with Crippen LogP contribution in [0.4, 0.5) is 0 Å². The van der Waals surface area contributed by atoms with Gasteiger partial charge < -0.3 is 5.32 Å². The third-order valence-electron chi connectivity index (χ3n) is 2.89. The highest BCUT2D eigenvalue weighted by Crippen LogP contribution is 2.33. The number of nitrogens with one attached hydrogen (secondary N) is 2. The van der Waals surface area contributed by atoms with E-state index in [4.69, 9.17) is 0 Å². The van der Waals surface area contributed by atoms with E-state index < -0.39 is 10.0 Å². The highest BCUT2D eigenvalue weighted by molar-refractivity contribution is 9.11. The Morgan fingerprint density at radius 1 is 1.50 bits per heavy atom. The fraction of sp³-hybridized carbons (Fsp3) is 0.636. The molecule has 0 radical (unpaired) electrons. The van der Waals surface area contributed by atoms with Crippen molar-refractivity contribution in [1.82, 2.24) is 10.0 Å². The standard InChI is InChI=1S/C11H17BrN2O2S2/c1-13-7-9-6-10(11(12)17-9)18(15,16)14-5-4-8-2-3-8/h6,8,13-14H,2-5,7H2,1H3. The summed E-state index contributed by atoms with van der Waals surface area (Å²) in [4.78, 5) is 1.36. The summed E-state index contributed by atoms with van der Waals surface area (Å²) in [6, 6.07) is 1.73. The van der Waals surface area contributed by atoms with Gasteiger partial charge in [-0.05, 0) is 41.4 Å². The fourth-order valence-corrected chi connectivity index (χ4v) is 5.46. The lowest BCUT2D eigenvalue weighted by atomic mass is 10.3. The van der Waals surface area contributed by atoms with Gasteiger partial charge in [0, 0.05) is 18.0 Å². The van der Waals surface area contributed by atoms with Crippen LogP contribution in [-0.2, 0) is 16.6 Å². The van der Waals surface area contributed by atoms with Crippen molar-refractivity contribution in [1.29, 1.82) is 0 Å². The van der Waals surface area contributed by atoms with Crippen LogP contribution in [0.3, 0.4) is 0 Å². The number of rotatable bonds is 7. The first-order chi connectivity index (χ1) is 8.53. The molecule has 18 heavy (non-hydrogen) atoms. The second kappa shape index (κ2) is 6.00. The van der Waals surface area contributed by atoms with Crippen LogP contribution in [0, 0.1) is 5.92 Å². The van der Waals surface area contributed by atoms with Crippen LogP contribution in [-0.4, -0.2) is 22.0 Å². The summed E-state index contributed by atoms with van der Waals surface area (Å²) in [6.45, 7) is 1.22. The summed E-state index contributed by atoms with van der Waals surface area (Å²) >= 11 is 4.78. The molecule has 1 aromatic heterocycles. The Hall–Kier alpha value is 0.0500. The predicted octanol–water partition coefficient (Wildman–Crippen LogP) is 2.31. The predicted molar refractivity (Wildman–Crippen MR) is 77.3 cm³/mol. The maximum atomic E-state index is 12.1. The molecule has 0 unspecified atom stereocenters. The smallest absolute Gasteiger partial charge is 0.242 e. The third-order valence-corrected chi connectivity index (χ3v) is 6.60. The summed E-state index contributed by atoms with van der Waals surface area (Å²) in [7, 11) is -1.53. The molecule has 7 heteroatoms. The average Bonchev–Trinajstić information content (AvgIpc) is 3.02. The van der Waals surface area contributed by atoms with Crippen molar-refractivity contribution in [3.05, 3.63) is 14.7 Å². The second-order valence-corrected chi connectivity index (χ2v) is 8.70. The van der Waals surface area contributed by atoms with Gasteiger partial charge in [0.2, 0.25) is 10.0 Å². The first-order valence-corrected chi connectivity index (χ1v) is 9.04. The second-order valence-electron chi connectivity index (χ2n) is 4.51. The Morgan fingerprint density at radius 3 is 2.83 bits per heavy atom. The molecular weight excluding hydrogens is 336 g/mol. The lowest BCUT2D eigenvalue weighted by molar-refractivity contribution is 0.575. The summed E-state index contributed by atoms with van der Waals surface area (Å²) < 4.78 is 27.6. The van der Waals surface area contributed by atoms with E-state index >= 15 is 0 Å². The topological polar surface area (TPSA) is 58.2 Å². The lowest BCUT2D eigenvalue weighted by Gasteiger charge is -2.04. The molecule has 1 fully saturated rings. The minimum Gasteiger partial charge on any atom is -0.315 e. The first-order valence-electron chi connectivity index (χ1n) is 5.95. The summed E-state index contributed by atoms with van der Waals surface area (Å²) in [6.07, 6.45) is 3.44. The van der Waals surface area contributed by atoms with Crippen LogP contribution < -0.4 is 10.0 Å². The van der Waals surface area contributed by atoms with Gasteiger partial charge in [-0.2, -0.15) is 0 Å². The van der Waals surface area contributed by atoms with Crippen LogP contribution in [0.5, 0.6) is 0 Å². The van der Waals surface area contributed by atoms with Crippen LogP contribution >= 0.6 is 27.3 Å². The molecule has 1 aromatic rings. The van der Waals surface area contributed by atoms with E-state index in [-0.39, 0.29) is 0 Å². The molecule has 2 N–H and O–H groups in total. The zero-order chi connectivity index (χ0) is 13.2. The van der Waals surface area contributed by atoms with Crippen molar-refractivity contribution >= 4 is 37.3 Å². The fourth-order valence-electron chi connectivity index (χ4n) is 1.72. The van der Waals surface area contributed by atoms with Gasteiger partial charge in [-0.1, -0.05) is 12.8 Å². The van der Waals surface area contributed by atoms with Crippen molar-refractivity contribution in [2.24, 2.45) is 5.92 Å². The lowest BCUT2D eigenvalue weighted by Crippen LogP contribution is -2.25. The number of hydrogen-bond acceptors (Lipinski definition) is 4. The zero-order valence-electron chi connectivity index (χ0n) is 10.2. The van der Waals surface area contributed by atoms with E-state index in [1.165, 1.54) is 24.2 Å². The zero-order valence-corrected chi connectivity index (χ0v) is 13.4. The Morgan fingerprint density at radius 2 is 2.22 bits per heavy atom. The van der Waals surface area contributed by atoms with Crippen molar-refractivity contribution in [2.75, 3.05) is 13.6 Å². The summed E-state index contributed by atoms with van der Waals surface area (Å²) in [5, 5.41) is 3.02. The van der Waals surface area contributed by atoms with Crippen LogP contribution in [0.15, 0.2) is 14.7 Å². The Kier molecular flexibility index (Phi) is 4.82. The Balaban J connectivity index is 2.02. The molecule has 0 atom stereocenters. The first kappa shape index (κ1) is 14.5. The molecular formula is C11H17BrN2O2S2. The third kappa shape index (κ3) is 3.77. The van der Waals surface area contributed by atoms with Gasteiger partial charge in [-0.15, -0.1) is 11.3 Å². The van der Waals surface area contributed by atoms with E-state index in [0.29, 0.717) is 21.8 Å². The van der Waals surface area contributed by atoms with Gasteiger partial charge in [-0.3, -0.25) is 0 Å². The Labute approximate surface area is 120 Å². The quantitative estimate of drug-likeness (QED) is 0.791. The summed E-state index contributed by atoms with van der Waals surface area (Å²) in [5.74, 6) is 0.735. The molecule has 0 amide bonds. The summed E-state index contributed by atoms with van der Waals surface area (Å²) in [5.41, 5.74) is 0. The number of halogens is 1. The van der Waals surface area contributed by atoms with Gasteiger partial charge in [0.1, 0.15) is 4.90 Å². The van der Waals surface area contributed by atoms with Crippen molar-refractivity contribution in [3.63, 3.8) is 0 Å². The monoisotopic (exact) mass is 352 g/mol. The van der Waals surface area contributed by atoms with Crippen LogP contribution in [0.2, 0.25) is 0 Å². The maximum absolute atomic E-state index is 12.1. The molecule has 1 aliphatic rings.